The molecule has 308 valence electrons. The Kier molecular flexibility index (Phi) is 28.4. The van der Waals surface area contributed by atoms with E-state index < -0.39 is 29.1 Å². The molecule has 1 heterocycles. The summed E-state index contributed by atoms with van der Waals surface area (Å²) in [5.41, 5.74) is 4.09. The SMILES string of the molecule is CCOC(=O)/C(=C/Nc1ccc(C)c(Br)c1)CC.CCOC(=O)c1c[nH]c2cc(Br)c(C)cc2c1=O.O=C=O.O=S=O.O=S=O.c1ccc(Oc2ccccc2)cc1. The molecule has 58 heavy (non-hydrogen) atoms. The molecule has 0 unspecified atom stereocenters. The van der Waals surface area contributed by atoms with Gasteiger partial charge in [0.25, 0.3) is 0 Å². The van der Waals surface area contributed by atoms with Gasteiger partial charge in [-0.25, -0.2) is 9.59 Å². The predicted octanol–water partition coefficient (Wildman–Crippen LogP) is 8.36. The Hall–Kier alpha value is -5.65. The van der Waals surface area contributed by atoms with E-state index in [9.17, 15) is 14.4 Å². The highest BCUT2D eigenvalue weighted by atomic mass is 79.9. The third-order valence-electron chi connectivity index (χ3n) is 6.88. The number of para-hydroxylation sites is 2. The van der Waals surface area contributed by atoms with Gasteiger partial charge in [0.15, 0.2) is 0 Å². The van der Waals surface area contributed by atoms with E-state index in [1.807, 2.05) is 106 Å². The Morgan fingerprint density at radius 2 is 1.26 bits per heavy atom. The van der Waals surface area contributed by atoms with Crippen LogP contribution in [0.1, 0.15) is 48.7 Å². The summed E-state index contributed by atoms with van der Waals surface area (Å²) in [4.78, 5) is 54.5. The number of aryl methyl sites for hydroxylation is 2. The van der Waals surface area contributed by atoms with E-state index >= 15 is 0 Å². The van der Waals surface area contributed by atoms with Crippen molar-refractivity contribution in [2.45, 2.75) is 41.0 Å². The number of ether oxygens (including phenoxy) is 3. The Labute approximate surface area is 358 Å². The lowest BCUT2D eigenvalue weighted by Crippen LogP contribution is -2.18. The molecule has 0 aliphatic rings. The molecular weight excluding hydrogens is 924 g/mol. The van der Waals surface area contributed by atoms with Gasteiger partial charge >= 0.3 is 41.2 Å². The van der Waals surface area contributed by atoms with Crippen molar-refractivity contribution in [1.82, 2.24) is 4.98 Å². The number of aromatic nitrogens is 1. The molecule has 14 nitrogen and oxygen atoms in total. The molecule has 18 heteroatoms. The minimum absolute atomic E-state index is 0.0334. The van der Waals surface area contributed by atoms with Gasteiger partial charge in [0.05, 0.1) is 24.3 Å². The first-order valence-electron chi connectivity index (χ1n) is 16.8. The molecule has 0 aliphatic heterocycles. The summed E-state index contributed by atoms with van der Waals surface area (Å²) in [5.74, 6) is 0.877. The molecule has 0 spiro atoms. The quantitative estimate of drug-likeness (QED) is 0.105. The first kappa shape index (κ1) is 52.3. The zero-order chi connectivity index (χ0) is 43.9. The number of fused-ring (bicyclic) bond motifs is 1. The molecule has 5 rings (SSSR count). The van der Waals surface area contributed by atoms with Crippen molar-refractivity contribution >= 4 is 89.7 Å². The largest absolute Gasteiger partial charge is 0.463 e. The monoisotopic (exact) mass is 962 g/mol. The van der Waals surface area contributed by atoms with Crippen LogP contribution in [0, 0.1) is 13.8 Å². The van der Waals surface area contributed by atoms with Crippen molar-refractivity contribution in [3.8, 4) is 11.5 Å². The number of benzene rings is 4. The van der Waals surface area contributed by atoms with Crippen LogP contribution < -0.4 is 15.5 Å². The Balaban J connectivity index is 0.000000767. The minimum Gasteiger partial charge on any atom is -0.463 e. The number of hydrogen-bond acceptors (Lipinski definition) is 13. The van der Waals surface area contributed by atoms with Crippen LogP contribution in [0.2, 0.25) is 0 Å². The van der Waals surface area contributed by atoms with Crippen LogP contribution in [-0.4, -0.2) is 53.1 Å². The Bertz CT molecular complexity index is 2170. The number of hydrogen-bond donors (Lipinski definition) is 2. The molecule has 0 atom stereocenters. The molecule has 0 bridgehead atoms. The number of carbonyl (C=O) groups excluding carboxylic acids is 4. The highest BCUT2D eigenvalue weighted by molar-refractivity contribution is 9.10. The molecule has 0 aliphatic carbocycles. The van der Waals surface area contributed by atoms with E-state index in [0.29, 0.717) is 29.5 Å². The Morgan fingerprint density at radius 1 is 0.759 bits per heavy atom. The molecule has 5 aromatic rings. The molecular formula is C40H40Br2N2O12S2. The lowest BCUT2D eigenvalue weighted by atomic mass is 10.1. The van der Waals surface area contributed by atoms with E-state index in [4.69, 9.17) is 40.6 Å². The normalized spacial score (nSPS) is 9.47. The number of esters is 2. The van der Waals surface area contributed by atoms with Gasteiger partial charge in [0, 0.05) is 32.4 Å². The maximum atomic E-state index is 12.2. The first-order chi connectivity index (χ1) is 27.8. The van der Waals surface area contributed by atoms with E-state index in [1.165, 1.54) is 11.8 Å². The lowest BCUT2D eigenvalue weighted by Gasteiger charge is -2.07. The summed E-state index contributed by atoms with van der Waals surface area (Å²) < 4.78 is 50.5. The molecule has 0 fully saturated rings. The fourth-order valence-corrected chi connectivity index (χ4v) is 4.93. The number of H-pyrrole nitrogens is 1. The van der Waals surface area contributed by atoms with Crippen LogP contribution in [0.3, 0.4) is 0 Å². The van der Waals surface area contributed by atoms with Crippen molar-refractivity contribution in [3.63, 3.8) is 0 Å². The van der Waals surface area contributed by atoms with Gasteiger partial charge in [-0.3, -0.25) is 4.79 Å². The average Bonchev–Trinajstić information content (AvgIpc) is 3.20. The van der Waals surface area contributed by atoms with Gasteiger partial charge < -0.3 is 24.5 Å². The maximum Gasteiger partial charge on any atom is 0.373 e. The second-order valence-electron chi connectivity index (χ2n) is 10.7. The summed E-state index contributed by atoms with van der Waals surface area (Å²) in [5, 5.41) is 3.60. The maximum absolute atomic E-state index is 12.2. The highest BCUT2D eigenvalue weighted by Gasteiger charge is 2.14. The third kappa shape index (κ3) is 20.5. The smallest absolute Gasteiger partial charge is 0.373 e. The van der Waals surface area contributed by atoms with Crippen LogP contribution in [0.5, 0.6) is 11.5 Å². The van der Waals surface area contributed by atoms with Crippen molar-refractivity contribution in [1.29, 1.82) is 0 Å². The average molecular weight is 965 g/mol. The first-order valence-corrected chi connectivity index (χ1v) is 19.7. The summed E-state index contributed by atoms with van der Waals surface area (Å²) >= 11 is 5.37. The van der Waals surface area contributed by atoms with E-state index in [1.54, 1.807) is 26.1 Å². The number of anilines is 1. The van der Waals surface area contributed by atoms with Gasteiger partial charge in [-0.1, -0.05) is 81.2 Å². The fraction of sp³-hybridized carbons (Fsp3) is 0.200. The number of halogens is 2. The number of aromatic amines is 1. The zero-order valence-electron chi connectivity index (χ0n) is 31.9. The number of carbonyl (C=O) groups is 2. The van der Waals surface area contributed by atoms with Crippen molar-refractivity contribution in [2.24, 2.45) is 0 Å². The molecule has 4 aromatic carbocycles. The minimum atomic E-state index is -0.750. The van der Waals surface area contributed by atoms with E-state index in [0.717, 1.165) is 31.7 Å². The predicted molar refractivity (Wildman–Crippen MR) is 226 cm³/mol. The zero-order valence-corrected chi connectivity index (χ0v) is 36.7. The molecule has 1 aromatic heterocycles. The molecule has 2 N–H and O–H groups in total. The highest BCUT2D eigenvalue weighted by Crippen LogP contribution is 2.22. The van der Waals surface area contributed by atoms with E-state index in [2.05, 4.69) is 42.2 Å². The molecule has 0 amide bonds. The number of rotatable bonds is 9. The summed E-state index contributed by atoms with van der Waals surface area (Å²) in [6.45, 7) is 9.99. The molecule has 0 radical (unpaired) electrons. The molecule has 0 saturated heterocycles. The van der Waals surface area contributed by atoms with Crippen LogP contribution in [-0.2, 0) is 47.0 Å². The van der Waals surface area contributed by atoms with Gasteiger partial charge in [-0.15, -0.1) is 0 Å². The summed E-state index contributed by atoms with van der Waals surface area (Å²) in [6, 6.07) is 29.0. The summed E-state index contributed by atoms with van der Waals surface area (Å²) in [7, 11) is 0. The second-order valence-corrected chi connectivity index (χ2v) is 12.7. The third-order valence-corrected chi connectivity index (χ3v) is 8.59. The van der Waals surface area contributed by atoms with Gasteiger partial charge in [-0.2, -0.15) is 26.4 Å². The lowest BCUT2D eigenvalue weighted by molar-refractivity contribution is -0.191. The van der Waals surface area contributed by atoms with Crippen molar-refractivity contribution in [2.75, 3.05) is 18.5 Å². The van der Waals surface area contributed by atoms with Crippen LogP contribution in [0.4, 0.5) is 5.69 Å². The fourth-order valence-electron chi connectivity index (χ4n) is 4.21. The molecule has 0 saturated carbocycles. The van der Waals surface area contributed by atoms with Crippen molar-refractivity contribution < 1.29 is 50.2 Å². The van der Waals surface area contributed by atoms with Crippen LogP contribution in [0.15, 0.2) is 123 Å². The Morgan fingerprint density at radius 3 is 1.72 bits per heavy atom. The topological polar surface area (TPSA) is 209 Å². The van der Waals surface area contributed by atoms with Gasteiger partial charge in [0.2, 0.25) is 5.43 Å². The number of pyridine rings is 1. The number of nitrogens with one attached hydrogen (secondary N) is 2. The second kappa shape index (κ2) is 31.4. The van der Waals surface area contributed by atoms with Crippen LogP contribution >= 0.6 is 31.9 Å². The summed E-state index contributed by atoms with van der Waals surface area (Å²) in [6.07, 6.45) is 3.98. The van der Waals surface area contributed by atoms with Crippen LogP contribution in [0.25, 0.3) is 10.9 Å². The van der Waals surface area contributed by atoms with Gasteiger partial charge in [0.1, 0.15) is 17.1 Å². The standard InChI is InChI=1S/C14H18BrNO2.C13H12BrNO3.C12H10O.CO2.2O2S/c1-4-11(14(17)18-5-2)9-16-12-7-6-10(3)13(15)8-12;1-3-18-13(17)9-6-15-11-5-10(14)7(2)4-8(11)12(9)16;1-3-7-11(8-4-1)13-12-9-5-2-6-10-12;2-1-3;2*1-3-2/h6-9,16H,4-5H2,1-3H3;4-6H,3H2,1-2H3,(H,15,16);1-10H;;;/b11-9+;;;;;. The van der Waals surface area contributed by atoms with E-state index in [-0.39, 0.29) is 29.7 Å². The van der Waals surface area contributed by atoms with Crippen molar-refractivity contribution in [3.05, 3.63) is 145 Å². The van der Waals surface area contributed by atoms with Gasteiger partial charge in [-0.05, 0) is 93.8 Å².